The third-order valence-corrected chi connectivity index (χ3v) is 7.17. The highest BCUT2D eigenvalue weighted by molar-refractivity contribution is 7.91. The minimum Gasteiger partial charge on any atom is -0.335 e. The molecule has 0 unspecified atom stereocenters. The zero-order valence-electron chi connectivity index (χ0n) is 15.7. The van der Waals surface area contributed by atoms with Crippen molar-refractivity contribution < 1.29 is 18.0 Å². The lowest BCUT2D eigenvalue weighted by molar-refractivity contribution is -0.133. The van der Waals surface area contributed by atoms with E-state index in [1.165, 1.54) is 25.1 Å². The third kappa shape index (κ3) is 5.38. The Hall–Kier alpha value is -2.23. The van der Waals surface area contributed by atoms with E-state index in [2.05, 4.69) is 5.32 Å². The molecule has 0 fully saturated rings. The first-order valence-electron chi connectivity index (χ1n) is 8.22. The van der Waals surface area contributed by atoms with Crippen LogP contribution >= 0.6 is 11.3 Å². The van der Waals surface area contributed by atoms with Crippen LogP contribution in [-0.2, 0) is 19.6 Å². The molecule has 0 bridgehead atoms. The minimum absolute atomic E-state index is 0.168. The van der Waals surface area contributed by atoms with Gasteiger partial charge in [-0.2, -0.15) is 4.31 Å². The van der Waals surface area contributed by atoms with E-state index in [1.54, 1.807) is 11.4 Å². The first kappa shape index (κ1) is 21.1. The van der Waals surface area contributed by atoms with Gasteiger partial charge in [-0.3, -0.25) is 9.59 Å². The number of carbonyl (C=O) groups excluding carboxylic acids is 2. The van der Waals surface area contributed by atoms with Crippen LogP contribution in [0.1, 0.15) is 11.1 Å². The molecule has 2 aromatic rings. The lowest BCUT2D eigenvalue weighted by atomic mass is 10.1. The normalized spacial score (nSPS) is 11.4. The monoisotopic (exact) mass is 409 g/mol. The van der Waals surface area contributed by atoms with Crippen LogP contribution in [0.25, 0.3) is 0 Å². The van der Waals surface area contributed by atoms with Crippen molar-refractivity contribution in [2.45, 2.75) is 18.1 Å². The smallest absolute Gasteiger partial charge is 0.252 e. The van der Waals surface area contributed by atoms with Gasteiger partial charge in [-0.05, 0) is 42.5 Å². The quantitative estimate of drug-likeness (QED) is 0.759. The van der Waals surface area contributed by atoms with E-state index in [0.29, 0.717) is 5.69 Å². The van der Waals surface area contributed by atoms with E-state index >= 15 is 0 Å². The molecule has 2 amide bonds. The highest BCUT2D eigenvalue weighted by Gasteiger charge is 2.25. The fourth-order valence-corrected chi connectivity index (χ4v) is 4.65. The number of sulfonamides is 1. The molecule has 0 spiro atoms. The molecule has 1 N–H and O–H groups in total. The first-order chi connectivity index (χ1) is 12.6. The molecule has 0 aliphatic rings. The lowest BCUT2D eigenvalue weighted by Gasteiger charge is -2.21. The van der Waals surface area contributed by atoms with Crippen LogP contribution in [0.4, 0.5) is 5.69 Å². The van der Waals surface area contributed by atoms with Crippen LogP contribution in [0.5, 0.6) is 0 Å². The first-order valence-corrected chi connectivity index (χ1v) is 10.5. The maximum Gasteiger partial charge on any atom is 0.252 e. The minimum atomic E-state index is -3.71. The Kier molecular flexibility index (Phi) is 6.74. The number of benzene rings is 1. The Morgan fingerprint density at radius 3 is 2.44 bits per heavy atom. The Balaban J connectivity index is 1.95. The fraction of sp³-hybridized carbons (Fsp3) is 0.333. The van der Waals surface area contributed by atoms with Crippen LogP contribution < -0.4 is 5.32 Å². The molecule has 7 nitrogen and oxygen atoms in total. The standard InChI is InChI=1S/C18H23N3O4S2/c1-13-7-8-14(2)15(10-13)19-16(22)11-20(3)17(23)12-21(4)27(24,25)18-6-5-9-26-18/h5-10H,11-12H2,1-4H3,(H,19,22). The number of aryl methyl sites for hydroxylation is 2. The number of nitrogens with one attached hydrogen (secondary N) is 1. The van der Waals surface area contributed by atoms with Crippen molar-refractivity contribution in [3.63, 3.8) is 0 Å². The van der Waals surface area contributed by atoms with Crippen LogP contribution in [0.2, 0.25) is 0 Å². The predicted octanol–water partition coefficient (Wildman–Crippen LogP) is 2.08. The Bertz CT molecular complexity index is 924. The lowest BCUT2D eigenvalue weighted by Crippen LogP contribution is -2.42. The number of amides is 2. The third-order valence-electron chi connectivity index (χ3n) is 3.99. The Morgan fingerprint density at radius 2 is 1.81 bits per heavy atom. The van der Waals surface area contributed by atoms with Crippen molar-refractivity contribution in [2.24, 2.45) is 0 Å². The molecule has 2 rings (SSSR count). The van der Waals surface area contributed by atoms with E-state index in [9.17, 15) is 18.0 Å². The van der Waals surface area contributed by atoms with Crippen molar-refractivity contribution in [1.82, 2.24) is 9.21 Å². The SMILES string of the molecule is Cc1ccc(C)c(NC(=O)CN(C)C(=O)CN(C)S(=O)(=O)c2cccs2)c1. The molecule has 1 aromatic heterocycles. The zero-order chi connectivity index (χ0) is 20.2. The predicted molar refractivity (Wildman–Crippen MR) is 106 cm³/mol. The zero-order valence-corrected chi connectivity index (χ0v) is 17.4. The molecule has 0 radical (unpaired) electrons. The summed E-state index contributed by atoms with van der Waals surface area (Å²) >= 11 is 1.09. The largest absolute Gasteiger partial charge is 0.335 e. The number of hydrogen-bond acceptors (Lipinski definition) is 5. The molecule has 0 saturated carbocycles. The average molecular weight is 410 g/mol. The Morgan fingerprint density at radius 1 is 1.11 bits per heavy atom. The highest BCUT2D eigenvalue weighted by Crippen LogP contribution is 2.20. The van der Waals surface area contributed by atoms with Crippen molar-refractivity contribution >= 4 is 38.9 Å². The number of carbonyl (C=O) groups is 2. The molecule has 0 saturated heterocycles. The van der Waals surface area contributed by atoms with Gasteiger partial charge in [0.1, 0.15) is 4.21 Å². The molecule has 9 heteroatoms. The van der Waals surface area contributed by atoms with Crippen LogP contribution in [0.3, 0.4) is 0 Å². The molecule has 27 heavy (non-hydrogen) atoms. The molecule has 1 aromatic carbocycles. The summed E-state index contributed by atoms with van der Waals surface area (Å²) < 4.78 is 25.9. The molecule has 0 atom stereocenters. The number of thiophene rings is 1. The molecule has 1 heterocycles. The maximum atomic E-state index is 12.4. The summed E-state index contributed by atoms with van der Waals surface area (Å²) in [5.41, 5.74) is 2.63. The fourth-order valence-electron chi connectivity index (χ4n) is 2.32. The molecule has 0 aliphatic heterocycles. The average Bonchev–Trinajstić information content (AvgIpc) is 3.13. The highest BCUT2D eigenvalue weighted by atomic mass is 32.2. The summed E-state index contributed by atoms with van der Waals surface area (Å²) in [5.74, 6) is -0.808. The summed E-state index contributed by atoms with van der Waals surface area (Å²) in [4.78, 5) is 25.8. The van der Waals surface area contributed by atoms with Crippen LogP contribution in [0, 0.1) is 13.8 Å². The molecule has 146 valence electrons. The molecule has 0 aliphatic carbocycles. The number of hydrogen-bond donors (Lipinski definition) is 1. The van der Waals surface area contributed by atoms with Gasteiger partial charge in [0.05, 0.1) is 13.1 Å². The summed E-state index contributed by atoms with van der Waals surface area (Å²) in [6, 6.07) is 8.84. The van der Waals surface area contributed by atoms with E-state index in [-0.39, 0.29) is 23.2 Å². The van der Waals surface area contributed by atoms with Crippen molar-refractivity contribution in [1.29, 1.82) is 0 Å². The van der Waals surface area contributed by atoms with E-state index < -0.39 is 15.9 Å². The molecular formula is C18H23N3O4S2. The van der Waals surface area contributed by atoms with Crippen molar-refractivity contribution in [2.75, 3.05) is 32.5 Å². The van der Waals surface area contributed by atoms with E-state index in [4.69, 9.17) is 0 Å². The summed E-state index contributed by atoms with van der Waals surface area (Å²) in [6.45, 7) is 3.30. The second kappa shape index (κ2) is 8.64. The Labute approximate surface area is 163 Å². The van der Waals surface area contributed by atoms with Crippen LogP contribution in [0.15, 0.2) is 39.9 Å². The van der Waals surface area contributed by atoms with Crippen LogP contribution in [-0.4, -0.2) is 56.6 Å². The van der Waals surface area contributed by atoms with Gasteiger partial charge in [-0.15, -0.1) is 11.3 Å². The maximum absolute atomic E-state index is 12.4. The van der Waals surface area contributed by atoms with E-state index in [0.717, 1.165) is 26.8 Å². The van der Waals surface area contributed by atoms with Gasteiger partial charge >= 0.3 is 0 Å². The second-order valence-corrected chi connectivity index (χ2v) is 9.53. The molecular weight excluding hydrogens is 386 g/mol. The van der Waals surface area contributed by atoms with Gasteiger partial charge in [0.2, 0.25) is 11.8 Å². The number of rotatable bonds is 7. The number of likely N-dealkylation sites (N-methyl/N-ethyl adjacent to an activating group) is 2. The second-order valence-electron chi connectivity index (χ2n) is 6.31. The van der Waals surface area contributed by atoms with Crippen molar-refractivity contribution in [3.05, 3.63) is 46.8 Å². The number of nitrogens with zero attached hydrogens (tertiary/aromatic N) is 2. The summed E-state index contributed by atoms with van der Waals surface area (Å²) in [5, 5.41) is 4.44. The van der Waals surface area contributed by atoms with Gasteiger partial charge in [0.25, 0.3) is 10.0 Å². The van der Waals surface area contributed by atoms with Gasteiger partial charge in [0.15, 0.2) is 0 Å². The summed E-state index contributed by atoms with van der Waals surface area (Å²) in [6.07, 6.45) is 0. The van der Waals surface area contributed by atoms with Gasteiger partial charge in [0, 0.05) is 19.8 Å². The summed E-state index contributed by atoms with van der Waals surface area (Å²) in [7, 11) is -0.895. The van der Waals surface area contributed by atoms with Crippen molar-refractivity contribution in [3.8, 4) is 0 Å². The topological polar surface area (TPSA) is 86.8 Å². The van der Waals surface area contributed by atoms with Gasteiger partial charge in [-0.25, -0.2) is 8.42 Å². The van der Waals surface area contributed by atoms with E-state index in [1.807, 2.05) is 32.0 Å². The van der Waals surface area contributed by atoms with Gasteiger partial charge in [-0.1, -0.05) is 18.2 Å². The number of anilines is 1. The van der Waals surface area contributed by atoms with Gasteiger partial charge < -0.3 is 10.2 Å².